The van der Waals surface area contributed by atoms with Crippen molar-refractivity contribution in [3.63, 3.8) is 0 Å². The number of piperidine rings is 1. The van der Waals surface area contributed by atoms with E-state index in [-0.39, 0.29) is 11.7 Å². The highest BCUT2D eigenvalue weighted by Gasteiger charge is 2.38. The number of rotatable bonds is 2. The molecule has 1 aliphatic heterocycles. The molecule has 0 aromatic carbocycles. The van der Waals surface area contributed by atoms with Crippen molar-refractivity contribution in [1.29, 1.82) is 0 Å². The first-order valence-electron chi connectivity index (χ1n) is 5.66. The summed E-state index contributed by atoms with van der Waals surface area (Å²) in [6.07, 6.45) is 1.59. The fourth-order valence-corrected chi connectivity index (χ4v) is 3.40. The van der Waals surface area contributed by atoms with Crippen molar-refractivity contribution < 1.29 is 13.2 Å². The highest BCUT2D eigenvalue weighted by Crippen LogP contribution is 2.26. The van der Waals surface area contributed by atoms with Crippen molar-refractivity contribution in [2.75, 3.05) is 13.1 Å². The lowest BCUT2D eigenvalue weighted by Gasteiger charge is -2.35. The fourth-order valence-electron chi connectivity index (χ4n) is 1.88. The second kappa shape index (κ2) is 4.45. The van der Waals surface area contributed by atoms with Crippen molar-refractivity contribution in [1.82, 2.24) is 4.31 Å². The van der Waals surface area contributed by atoms with Crippen LogP contribution in [0.4, 0.5) is 0 Å². The van der Waals surface area contributed by atoms with Gasteiger partial charge in [-0.25, -0.2) is 12.7 Å². The molecule has 1 saturated heterocycles. The number of carbonyl (C=O) groups excluding carboxylic acids is 1. The highest BCUT2D eigenvalue weighted by molar-refractivity contribution is 7.90. The van der Waals surface area contributed by atoms with E-state index < -0.39 is 14.8 Å². The zero-order valence-corrected chi connectivity index (χ0v) is 11.3. The van der Waals surface area contributed by atoms with E-state index in [0.29, 0.717) is 13.1 Å². The molecular weight excluding hydrogens is 226 g/mol. The summed E-state index contributed by atoms with van der Waals surface area (Å²) in [5.74, 6) is -0.0281. The molecule has 1 aliphatic rings. The number of nitrogens with zero attached hydrogens (tertiary/aromatic N) is 1. The van der Waals surface area contributed by atoms with E-state index in [1.165, 1.54) is 11.2 Å². The number of ketones is 1. The molecule has 0 N–H and O–H groups in total. The van der Waals surface area contributed by atoms with Gasteiger partial charge in [-0.05, 0) is 40.5 Å². The summed E-state index contributed by atoms with van der Waals surface area (Å²) in [5, 5.41) is 0. The van der Waals surface area contributed by atoms with E-state index in [1.54, 1.807) is 20.8 Å². The van der Waals surface area contributed by atoms with Crippen molar-refractivity contribution >= 4 is 15.8 Å². The van der Waals surface area contributed by atoms with Gasteiger partial charge in [0.05, 0.1) is 4.75 Å². The molecule has 1 unspecified atom stereocenters. The summed E-state index contributed by atoms with van der Waals surface area (Å²) < 4.78 is 25.1. The molecule has 0 radical (unpaired) electrons. The summed E-state index contributed by atoms with van der Waals surface area (Å²) in [6.45, 7) is 7.52. The maximum Gasteiger partial charge on any atom is 0.219 e. The van der Waals surface area contributed by atoms with Crippen molar-refractivity contribution in [3.05, 3.63) is 0 Å². The van der Waals surface area contributed by atoms with Gasteiger partial charge in [0.2, 0.25) is 10.0 Å². The molecule has 0 aliphatic carbocycles. The topological polar surface area (TPSA) is 54.5 Å². The molecule has 1 atom stereocenters. The second-order valence-corrected chi connectivity index (χ2v) is 8.12. The first kappa shape index (κ1) is 13.6. The molecule has 0 aromatic heterocycles. The Bertz CT molecular complexity index is 367. The Morgan fingerprint density at radius 1 is 1.31 bits per heavy atom. The Kier molecular flexibility index (Phi) is 3.80. The minimum Gasteiger partial charge on any atom is -0.300 e. The van der Waals surface area contributed by atoms with E-state index in [4.69, 9.17) is 0 Å². The van der Waals surface area contributed by atoms with E-state index in [9.17, 15) is 13.2 Å². The first-order valence-corrected chi connectivity index (χ1v) is 7.10. The number of hydrogen-bond donors (Lipinski definition) is 0. The zero-order valence-electron chi connectivity index (χ0n) is 10.5. The predicted molar refractivity (Wildman–Crippen MR) is 63.7 cm³/mol. The molecule has 94 valence electrons. The Morgan fingerprint density at radius 3 is 2.31 bits per heavy atom. The molecule has 0 aromatic rings. The Hall–Kier alpha value is -0.420. The summed E-state index contributed by atoms with van der Waals surface area (Å²) in [4.78, 5) is 11.3. The Labute approximate surface area is 98.1 Å². The van der Waals surface area contributed by atoms with E-state index in [1.807, 2.05) is 0 Å². The molecule has 0 spiro atoms. The van der Waals surface area contributed by atoms with Crippen LogP contribution in [0.2, 0.25) is 0 Å². The molecule has 1 rings (SSSR count). The van der Waals surface area contributed by atoms with Gasteiger partial charge in [-0.2, -0.15) is 0 Å². The maximum absolute atomic E-state index is 12.2. The predicted octanol–water partition coefficient (Wildman–Crippen LogP) is 1.42. The third kappa shape index (κ3) is 2.63. The third-order valence-electron chi connectivity index (χ3n) is 3.07. The molecule has 0 saturated carbocycles. The van der Waals surface area contributed by atoms with Crippen LogP contribution in [-0.2, 0) is 14.8 Å². The SMILES string of the molecule is CC(=O)C1CCCN(S(=O)(=O)C(C)(C)C)C1. The number of sulfonamides is 1. The largest absolute Gasteiger partial charge is 0.300 e. The smallest absolute Gasteiger partial charge is 0.219 e. The highest BCUT2D eigenvalue weighted by atomic mass is 32.2. The molecule has 0 bridgehead atoms. The van der Waals surface area contributed by atoms with Gasteiger partial charge in [0.1, 0.15) is 5.78 Å². The standard InChI is InChI=1S/C11H21NO3S/c1-9(13)10-6-5-7-12(8-10)16(14,15)11(2,3)4/h10H,5-8H2,1-4H3. The molecule has 5 heteroatoms. The molecule has 1 fully saturated rings. The maximum atomic E-state index is 12.2. The minimum absolute atomic E-state index is 0.0915. The van der Waals surface area contributed by atoms with Crippen LogP contribution in [0, 0.1) is 5.92 Å². The minimum atomic E-state index is -3.28. The monoisotopic (exact) mass is 247 g/mol. The van der Waals surface area contributed by atoms with Gasteiger partial charge < -0.3 is 0 Å². The zero-order chi connectivity index (χ0) is 12.6. The van der Waals surface area contributed by atoms with Crippen molar-refractivity contribution in [2.24, 2.45) is 5.92 Å². The normalized spacial score (nSPS) is 24.4. The quantitative estimate of drug-likeness (QED) is 0.741. The first-order chi connectivity index (χ1) is 7.16. The van der Waals surface area contributed by atoms with Crippen LogP contribution in [0.25, 0.3) is 0 Å². The number of hydrogen-bond acceptors (Lipinski definition) is 3. The average Bonchev–Trinajstić information content (AvgIpc) is 2.16. The third-order valence-corrected chi connectivity index (χ3v) is 5.63. The average molecular weight is 247 g/mol. The lowest BCUT2D eigenvalue weighted by atomic mass is 9.96. The summed E-state index contributed by atoms with van der Waals surface area (Å²) >= 11 is 0. The molecule has 16 heavy (non-hydrogen) atoms. The van der Waals surface area contributed by atoms with E-state index in [0.717, 1.165) is 12.8 Å². The van der Waals surface area contributed by atoms with Crippen LogP contribution < -0.4 is 0 Å². The van der Waals surface area contributed by atoms with Gasteiger partial charge in [-0.1, -0.05) is 0 Å². The summed E-state index contributed by atoms with van der Waals surface area (Å²) in [6, 6.07) is 0. The molecule has 1 heterocycles. The van der Waals surface area contributed by atoms with Gasteiger partial charge in [-0.15, -0.1) is 0 Å². The molecular formula is C11H21NO3S. The summed E-state index contributed by atoms with van der Waals surface area (Å²) in [5.41, 5.74) is 0. The number of Topliss-reactive ketones (excluding diaryl/α,β-unsaturated/α-hetero) is 1. The van der Waals surface area contributed by atoms with Gasteiger partial charge >= 0.3 is 0 Å². The van der Waals surface area contributed by atoms with Crippen LogP contribution in [-0.4, -0.2) is 36.3 Å². The fraction of sp³-hybridized carbons (Fsp3) is 0.909. The van der Waals surface area contributed by atoms with E-state index in [2.05, 4.69) is 0 Å². The van der Waals surface area contributed by atoms with Crippen LogP contribution in [0.1, 0.15) is 40.5 Å². The van der Waals surface area contributed by atoms with Crippen LogP contribution >= 0.6 is 0 Å². The molecule has 0 amide bonds. The Balaban J connectivity index is 2.87. The van der Waals surface area contributed by atoms with Gasteiger partial charge in [0.25, 0.3) is 0 Å². The van der Waals surface area contributed by atoms with Crippen molar-refractivity contribution in [2.45, 2.75) is 45.3 Å². The van der Waals surface area contributed by atoms with Gasteiger partial charge in [0, 0.05) is 19.0 Å². The van der Waals surface area contributed by atoms with Crippen LogP contribution in [0.5, 0.6) is 0 Å². The second-order valence-electron chi connectivity index (χ2n) is 5.43. The Morgan fingerprint density at radius 2 is 1.88 bits per heavy atom. The number of carbonyl (C=O) groups is 1. The van der Waals surface area contributed by atoms with E-state index >= 15 is 0 Å². The van der Waals surface area contributed by atoms with Crippen molar-refractivity contribution in [3.8, 4) is 0 Å². The lowest BCUT2D eigenvalue weighted by molar-refractivity contribution is -0.121. The summed E-state index contributed by atoms with van der Waals surface area (Å²) in [7, 11) is -3.28. The van der Waals surface area contributed by atoms with Crippen LogP contribution in [0.3, 0.4) is 0 Å². The van der Waals surface area contributed by atoms with Gasteiger partial charge in [-0.3, -0.25) is 4.79 Å². The lowest BCUT2D eigenvalue weighted by Crippen LogP contribution is -2.48. The van der Waals surface area contributed by atoms with Crippen LogP contribution in [0.15, 0.2) is 0 Å². The van der Waals surface area contributed by atoms with Gasteiger partial charge in [0.15, 0.2) is 0 Å². The molecule has 4 nitrogen and oxygen atoms in total.